The highest BCUT2D eigenvalue weighted by molar-refractivity contribution is 5.32. The largest absolute Gasteiger partial charge is 0.298 e. The van der Waals surface area contributed by atoms with E-state index in [1.165, 1.54) is 25.0 Å². The first kappa shape index (κ1) is 12.0. The first-order chi connectivity index (χ1) is 8.25. The minimum absolute atomic E-state index is 0.116. The van der Waals surface area contributed by atoms with Gasteiger partial charge in [0, 0.05) is 18.7 Å². The Bertz CT molecular complexity index is 372. The van der Waals surface area contributed by atoms with Gasteiger partial charge in [0.25, 0.3) is 5.69 Å². The second-order valence-electron chi connectivity index (χ2n) is 4.27. The van der Waals surface area contributed by atoms with Crippen molar-refractivity contribution in [2.24, 2.45) is 0 Å². The van der Waals surface area contributed by atoms with Crippen molar-refractivity contribution < 1.29 is 9.76 Å². The highest BCUT2D eigenvalue weighted by atomic mass is 16.7. The van der Waals surface area contributed by atoms with Crippen molar-refractivity contribution in [3.8, 4) is 0 Å². The average molecular weight is 236 g/mol. The minimum atomic E-state index is -0.397. The first-order valence-electron chi connectivity index (χ1n) is 5.87. The molecule has 1 N–H and O–H groups in total. The lowest BCUT2D eigenvalue weighted by Gasteiger charge is -2.11. The van der Waals surface area contributed by atoms with E-state index in [1.807, 2.05) is 0 Å². The molecule has 0 unspecified atom stereocenters. The minimum Gasteiger partial charge on any atom is -0.298 e. The van der Waals surface area contributed by atoms with E-state index >= 15 is 0 Å². The van der Waals surface area contributed by atoms with Crippen molar-refractivity contribution in [2.75, 3.05) is 0 Å². The van der Waals surface area contributed by atoms with Gasteiger partial charge in [-0.2, -0.15) is 5.48 Å². The van der Waals surface area contributed by atoms with E-state index in [0.717, 1.165) is 18.4 Å². The molecular formula is C12H16N2O3. The van der Waals surface area contributed by atoms with E-state index in [0.29, 0.717) is 12.6 Å². The Morgan fingerprint density at radius 3 is 2.53 bits per heavy atom. The highest BCUT2D eigenvalue weighted by Crippen LogP contribution is 2.20. The topological polar surface area (TPSA) is 64.4 Å². The molecule has 1 aromatic rings. The van der Waals surface area contributed by atoms with Gasteiger partial charge in [-0.1, -0.05) is 25.0 Å². The summed E-state index contributed by atoms with van der Waals surface area (Å²) in [4.78, 5) is 15.6. The number of hydrogen-bond acceptors (Lipinski definition) is 4. The Kier molecular flexibility index (Phi) is 4.06. The van der Waals surface area contributed by atoms with Gasteiger partial charge in [0.2, 0.25) is 0 Å². The van der Waals surface area contributed by atoms with Crippen LogP contribution in [-0.4, -0.2) is 11.0 Å². The fraction of sp³-hybridized carbons (Fsp3) is 0.500. The Hall–Kier alpha value is -1.46. The fourth-order valence-electron chi connectivity index (χ4n) is 1.98. The number of nitro benzene ring substituents is 1. The highest BCUT2D eigenvalue weighted by Gasteiger charge is 2.15. The Morgan fingerprint density at radius 1 is 1.29 bits per heavy atom. The third-order valence-electron chi connectivity index (χ3n) is 2.98. The standard InChI is InChI=1S/C12H16N2O3/c15-14(16)11-7-5-10(6-8-11)9-13-17-12-3-1-2-4-12/h5-8,12-13H,1-4,9H2. The van der Waals surface area contributed by atoms with Gasteiger partial charge in [-0.25, -0.2) is 0 Å². The molecule has 1 aliphatic carbocycles. The molecule has 1 fully saturated rings. The molecule has 2 rings (SSSR count). The van der Waals surface area contributed by atoms with E-state index in [1.54, 1.807) is 12.1 Å². The summed E-state index contributed by atoms with van der Waals surface area (Å²) in [5, 5.41) is 10.5. The monoisotopic (exact) mass is 236 g/mol. The van der Waals surface area contributed by atoms with Gasteiger partial charge >= 0.3 is 0 Å². The number of hydroxylamine groups is 1. The lowest BCUT2D eigenvalue weighted by atomic mass is 10.2. The van der Waals surface area contributed by atoms with Crippen LogP contribution in [0.15, 0.2) is 24.3 Å². The van der Waals surface area contributed by atoms with Crippen LogP contribution >= 0.6 is 0 Å². The van der Waals surface area contributed by atoms with Crippen LogP contribution in [0, 0.1) is 10.1 Å². The van der Waals surface area contributed by atoms with Gasteiger partial charge in [0.05, 0.1) is 11.0 Å². The third-order valence-corrected chi connectivity index (χ3v) is 2.98. The quantitative estimate of drug-likeness (QED) is 0.630. The number of nitrogens with one attached hydrogen (secondary N) is 1. The maximum atomic E-state index is 10.5. The summed E-state index contributed by atoms with van der Waals surface area (Å²) in [6.45, 7) is 0.578. The van der Waals surface area contributed by atoms with Crippen LogP contribution in [0.1, 0.15) is 31.2 Å². The molecule has 1 aromatic carbocycles. The SMILES string of the molecule is O=[N+]([O-])c1ccc(CNOC2CCCC2)cc1. The van der Waals surface area contributed by atoms with Crippen molar-refractivity contribution in [3.63, 3.8) is 0 Å². The molecule has 17 heavy (non-hydrogen) atoms. The summed E-state index contributed by atoms with van der Waals surface area (Å²) in [6, 6.07) is 6.49. The van der Waals surface area contributed by atoms with Crippen LogP contribution in [0.4, 0.5) is 5.69 Å². The zero-order valence-corrected chi connectivity index (χ0v) is 9.59. The number of benzene rings is 1. The molecule has 0 spiro atoms. The molecule has 5 heteroatoms. The van der Waals surface area contributed by atoms with Crippen LogP contribution in [-0.2, 0) is 11.4 Å². The first-order valence-corrected chi connectivity index (χ1v) is 5.87. The summed E-state index contributed by atoms with van der Waals surface area (Å²) >= 11 is 0. The molecule has 0 aliphatic heterocycles. The van der Waals surface area contributed by atoms with Gasteiger partial charge in [-0.15, -0.1) is 0 Å². The normalized spacial score (nSPS) is 16.2. The number of non-ortho nitro benzene ring substituents is 1. The molecule has 5 nitrogen and oxygen atoms in total. The lowest BCUT2D eigenvalue weighted by Crippen LogP contribution is -2.21. The summed E-state index contributed by atoms with van der Waals surface area (Å²) < 4.78 is 0. The van der Waals surface area contributed by atoms with Crippen LogP contribution in [0.5, 0.6) is 0 Å². The van der Waals surface area contributed by atoms with Crippen molar-refractivity contribution in [3.05, 3.63) is 39.9 Å². The number of nitro groups is 1. The van der Waals surface area contributed by atoms with E-state index in [9.17, 15) is 10.1 Å². The number of hydrogen-bond donors (Lipinski definition) is 1. The summed E-state index contributed by atoms with van der Waals surface area (Å²) in [5.41, 5.74) is 4.02. The molecule has 1 aliphatic rings. The fourth-order valence-corrected chi connectivity index (χ4v) is 1.98. The molecule has 0 heterocycles. The summed E-state index contributed by atoms with van der Waals surface area (Å²) in [7, 11) is 0. The zero-order valence-electron chi connectivity index (χ0n) is 9.59. The molecular weight excluding hydrogens is 220 g/mol. The van der Waals surface area contributed by atoms with Gasteiger partial charge < -0.3 is 0 Å². The van der Waals surface area contributed by atoms with Crippen molar-refractivity contribution in [2.45, 2.75) is 38.3 Å². The second kappa shape index (κ2) is 5.75. The summed E-state index contributed by atoms with van der Waals surface area (Å²) in [6.07, 6.45) is 5.04. The molecule has 0 amide bonds. The lowest BCUT2D eigenvalue weighted by molar-refractivity contribution is -0.384. The van der Waals surface area contributed by atoms with Crippen LogP contribution in [0.25, 0.3) is 0 Å². The van der Waals surface area contributed by atoms with Gasteiger partial charge in [0.15, 0.2) is 0 Å². The molecule has 0 radical (unpaired) electrons. The van der Waals surface area contributed by atoms with E-state index in [2.05, 4.69) is 5.48 Å². The van der Waals surface area contributed by atoms with E-state index < -0.39 is 4.92 Å². The molecule has 1 saturated carbocycles. The van der Waals surface area contributed by atoms with Crippen molar-refractivity contribution in [1.29, 1.82) is 0 Å². The second-order valence-corrected chi connectivity index (χ2v) is 4.27. The molecule has 92 valence electrons. The predicted octanol–water partition coefficient (Wildman–Crippen LogP) is 2.56. The maximum Gasteiger partial charge on any atom is 0.269 e. The number of nitrogens with zero attached hydrogens (tertiary/aromatic N) is 1. The smallest absolute Gasteiger partial charge is 0.269 e. The van der Waals surface area contributed by atoms with Crippen molar-refractivity contribution in [1.82, 2.24) is 5.48 Å². The zero-order chi connectivity index (χ0) is 12.1. The van der Waals surface area contributed by atoms with Gasteiger partial charge in [-0.3, -0.25) is 15.0 Å². The van der Waals surface area contributed by atoms with Gasteiger partial charge in [0.1, 0.15) is 0 Å². The van der Waals surface area contributed by atoms with E-state index in [4.69, 9.17) is 4.84 Å². The maximum absolute atomic E-state index is 10.5. The molecule has 0 saturated heterocycles. The molecule has 0 bridgehead atoms. The Labute approximate surface area is 99.9 Å². The van der Waals surface area contributed by atoms with E-state index in [-0.39, 0.29) is 5.69 Å². The third kappa shape index (κ3) is 3.51. The summed E-state index contributed by atoms with van der Waals surface area (Å²) in [5.74, 6) is 0. The van der Waals surface area contributed by atoms with Crippen molar-refractivity contribution >= 4 is 5.69 Å². The predicted molar refractivity (Wildman–Crippen MR) is 63.3 cm³/mol. The van der Waals surface area contributed by atoms with Crippen LogP contribution in [0.3, 0.4) is 0 Å². The average Bonchev–Trinajstić information content (AvgIpc) is 2.83. The van der Waals surface area contributed by atoms with Crippen LogP contribution in [0.2, 0.25) is 0 Å². The Morgan fingerprint density at radius 2 is 1.94 bits per heavy atom. The Balaban J connectivity index is 1.76. The molecule has 0 atom stereocenters. The number of rotatable bonds is 5. The van der Waals surface area contributed by atoms with Crippen LogP contribution < -0.4 is 5.48 Å². The molecule has 0 aromatic heterocycles. The van der Waals surface area contributed by atoms with Gasteiger partial charge in [-0.05, 0) is 18.4 Å².